The molecule has 0 radical (unpaired) electrons. The second-order valence-corrected chi connectivity index (χ2v) is 3.94. The van der Waals surface area contributed by atoms with Crippen LogP contribution in [-0.2, 0) is 0 Å². The number of fused-ring (bicyclic) bond motifs is 1. The molecule has 0 aliphatic carbocycles. The number of aromatic nitrogens is 2. The van der Waals surface area contributed by atoms with Crippen molar-refractivity contribution in [2.45, 2.75) is 0 Å². The molecule has 0 fully saturated rings. The van der Waals surface area contributed by atoms with Crippen LogP contribution in [0.15, 0.2) is 16.9 Å². The van der Waals surface area contributed by atoms with E-state index in [1.807, 2.05) is 0 Å². The average molecular weight is 295 g/mol. The number of benzene rings is 1. The molecule has 1 heterocycles. The molecule has 1 N–H and O–H groups in total. The summed E-state index contributed by atoms with van der Waals surface area (Å²) in [7, 11) is 0. The number of halogens is 2. The third kappa shape index (κ3) is 2.16. The van der Waals surface area contributed by atoms with Gasteiger partial charge in [-0.15, -0.1) is 9.46 Å². The third-order valence-electron chi connectivity index (χ3n) is 2.17. The average Bonchev–Trinajstić information content (AvgIpc) is 2.30. The summed E-state index contributed by atoms with van der Waals surface area (Å²) in [6, 6.07) is 3.74. The molecular weight excluding hydrogens is 292 g/mol. The summed E-state index contributed by atoms with van der Waals surface area (Å²) in [5.41, 5.74) is -2.12. The standard InChI is InChI=1S/C9H3Cl2N3O3.Na/c10-4-1-6-7(2-5(4)11)14(17)9(15)8(3-12)13(6)16;/h1-2,17H;/q;+1. The molecule has 6 nitrogen and oxygen atoms in total. The van der Waals surface area contributed by atoms with E-state index < -0.39 is 11.3 Å². The summed E-state index contributed by atoms with van der Waals surface area (Å²) in [5.74, 6) is 0. The fraction of sp³-hybridized carbons (Fsp3) is 0. The van der Waals surface area contributed by atoms with E-state index in [1.165, 1.54) is 12.1 Å². The predicted molar refractivity (Wildman–Crippen MR) is 59.1 cm³/mol. The quantitative estimate of drug-likeness (QED) is 0.265. The van der Waals surface area contributed by atoms with Crippen LogP contribution in [0.1, 0.15) is 5.69 Å². The van der Waals surface area contributed by atoms with E-state index in [-0.39, 0.29) is 60.1 Å². The van der Waals surface area contributed by atoms with Crippen molar-refractivity contribution >= 4 is 34.2 Å². The fourth-order valence-corrected chi connectivity index (χ4v) is 1.68. The Bertz CT molecular complexity index is 739. The SMILES string of the molecule is N#Cc1c(=O)n(O)c2cc(Cl)c(Cl)cc2[n+]1[O-].[Na+]. The Balaban J connectivity index is 0.00000162. The van der Waals surface area contributed by atoms with Gasteiger partial charge in [-0.25, -0.2) is 0 Å². The molecule has 1 aromatic heterocycles. The van der Waals surface area contributed by atoms with E-state index in [0.717, 1.165) is 6.07 Å². The Morgan fingerprint density at radius 3 is 2.50 bits per heavy atom. The van der Waals surface area contributed by atoms with Gasteiger partial charge in [-0.2, -0.15) is 5.26 Å². The van der Waals surface area contributed by atoms with E-state index >= 15 is 0 Å². The molecular formula is C9H3Cl2N3NaO3+. The van der Waals surface area contributed by atoms with Crippen molar-refractivity contribution in [3.8, 4) is 6.07 Å². The molecule has 86 valence electrons. The molecule has 0 atom stereocenters. The van der Waals surface area contributed by atoms with E-state index in [0.29, 0.717) is 0 Å². The Kier molecular flexibility index (Phi) is 4.48. The van der Waals surface area contributed by atoms with Crippen molar-refractivity contribution in [2.24, 2.45) is 0 Å². The van der Waals surface area contributed by atoms with Gasteiger partial charge in [-0.3, -0.25) is 4.79 Å². The molecule has 0 saturated heterocycles. The van der Waals surface area contributed by atoms with Gasteiger partial charge in [-0.1, -0.05) is 23.2 Å². The van der Waals surface area contributed by atoms with Crippen LogP contribution in [0.2, 0.25) is 10.0 Å². The van der Waals surface area contributed by atoms with E-state index in [9.17, 15) is 15.2 Å². The molecule has 0 amide bonds. The van der Waals surface area contributed by atoms with Crippen LogP contribution in [0.3, 0.4) is 0 Å². The molecule has 9 heteroatoms. The largest absolute Gasteiger partial charge is 1.00 e. The number of hydrogen-bond acceptors (Lipinski definition) is 4. The van der Waals surface area contributed by atoms with Gasteiger partial charge in [0.1, 0.15) is 0 Å². The summed E-state index contributed by atoms with van der Waals surface area (Å²) in [4.78, 5) is 11.4. The van der Waals surface area contributed by atoms with Gasteiger partial charge < -0.3 is 10.4 Å². The molecule has 1 aromatic carbocycles. The van der Waals surface area contributed by atoms with Gasteiger partial charge in [0.15, 0.2) is 11.6 Å². The third-order valence-corrected chi connectivity index (χ3v) is 2.89. The molecule has 2 aromatic rings. The summed E-state index contributed by atoms with van der Waals surface area (Å²) < 4.78 is 0.289. The van der Waals surface area contributed by atoms with E-state index in [4.69, 9.17) is 28.5 Å². The maximum absolute atomic E-state index is 11.7. The molecule has 0 saturated carbocycles. The zero-order valence-electron chi connectivity index (χ0n) is 9.02. The van der Waals surface area contributed by atoms with Gasteiger partial charge in [-0.05, 0) is 6.07 Å². The minimum Gasteiger partial charge on any atom is -0.617 e. The first kappa shape index (κ1) is 15.1. The van der Waals surface area contributed by atoms with Gasteiger partial charge >= 0.3 is 40.8 Å². The van der Waals surface area contributed by atoms with Crippen LogP contribution in [0.5, 0.6) is 0 Å². The van der Waals surface area contributed by atoms with Crippen molar-refractivity contribution in [2.75, 3.05) is 0 Å². The van der Waals surface area contributed by atoms with Crippen LogP contribution in [0.25, 0.3) is 11.0 Å². The van der Waals surface area contributed by atoms with Crippen molar-refractivity contribution in [1.29, 1.82) is 5.26 Å². The topological polar surface area (TPSA) is 93.0 Å². The second-order valence-electron chi connectivity index (χ2n) is 3.13. The molecule has 18 heavy (non-hydrogen) atoms. The summed E-state index contributed by atoms with van der Waals surface area (Å²) in [6.07, 6.45) is 0. The van der Waals surface area contributed by atoms with Crippen LogP contribution in [0.4, 0.5) is 0 Å². The van der Waals surface area contributed by atoms with Crippen LogP contribution in [-0.4, -0.2) is 9.94 Å². The first-order valence-corrected chi connectivity index (χ1v) is 4.99. The fourth-order valence-electron chi connectivity index (χ4n) is 1.37. The van der Waals surface area contributed by atoms with Gasteiger partial charge in [0.25, 0.3) is 0 Å². The zero-order valence-corrected chi connectivity index (χ0v) is 12.5. The summed E-state index contributed by atoms with van der Waals surface area (Å²) in [6.45, 7) is 0. The first-order valence-electron chi connectivity index (χ1n) is 4.24. The first-order chi connectivity index (χ1) is 7.97. The summed E-state index contributed by atoms with van der Waals surface area (Å²) in [5, 5.41) is 30.0. The maximum Gasteiger partial charge on any atom is 1.00 e. The number of rotatable bonds is 0. The monoisotopic (exact) mass is 294 g/mol. The minimum absolute atomic E-state index is 0. The van der Waals surface area contributed by atoms with Gasteiger partial charge in [0, 0.05) is 6.07 Å². The molecule has 0 spiro atoms. The van der Waals surface area contributed by atoms with Gasteiger partial charge in [0.2, 0.25) is 5.52 Å². The summed E-state index contributed by atoms with van der Waals surface area (Å²) >= 11 is 11.4. The van der Waals surface area contributed by atoms with Crippen LogP contribution >= 0.6 is 23.2 Å². The van der Waals surface area contributed by atoms with Crippen LogP contribution < -0.4 is 39.8 Å². The Hall–Kier alpha value is -0.970. The van der Waals surface area contributed by atoms with Crippen molar-refractivity contribution in [1.82, 2.24) is 4.73 Å². The van der Waals surface area contributed by atoms with Crippen molar-refractivity contribution < 1.29 is 39.5 Å². The number of hydrogen-bond donors (Lipinski definition) is 1. The molecule has 0 aliphatic heterocycles. The Morgan fingerprint density at radius 2 is 1.94 bits per heavy atom. The predicted octanol–water partition coefficient (Wildman–Crippen LogP) is -1.95. The number of nitrogens with zero attached hydrogens (tertiary/aromatic N) is 3. The smallest absolute Gasteiger partial charge is 0.617 e. The van der Waals surface area contributed by atoms with Crippen LogP contribution in [0, 0.1) is 16.5 Å². The van der Waals surface area contributed by atoms with E-state index in [1.54, 1.807) is 0 Å². The molecule has 2 rings (SSSR count). The normalized spacial score (nSPS) is 9.83. The van der Waals surface area contributed by atoms with Crippen molar-refractivity contribution in [3.63, 3.8) is 0 Å². The minimum atomic E-state index is -1.12. The Labute approximate surface area is 132 Å². The Morgan fingerprint density at radius 1 is 1.39 bits per heavy atom. The van der Waals surface area contributed by atoms with E-state index in [2.05, 4.69) is 0 Å². The maximum atomic E-state index is 11.7. The number of nitriles is 1. The molecule has 0 unspecified atom stereocenters. The molecule has 0 bridgehead atoms. The van der Waals surface area contributed by atoms with Gasteiger partial charge in [0.05, 0.1) is 10.0 Å². The molecule has 0 aliphatic rings. The second kappa shape index (κ2) is 5.34. The zero-order chi connectivity index (χ0) is 12.7. The van der Waals surface area contributed by atoms with Crippen molar-refractivity contribution in [3.05, 3.63) is 43.4 Å².